The Morgan fingerprint density at radius 1 is 1.44 bits per heavy atom. The molecule has 0 aliphatic carbocycles. The average molecular weight is 149 g/mol. The second kappa shape index (κ2) is 6.39. The summed E-state index contributed by atoms with van der Waals surface area (Å²) in [7, 11) is 0. The first-order valence-electron chi connectivity index (χ1n) is 3.25. The molecule has 0 spiro atoms. The van der Waals surface area contributed by atoms with Gasteiger partial charge in [-0.2, -0.15) is 0 Å². The summed E-state index contributed by atoms with van der Waals surface area (Å²) in [5.74, 6) is 0. The van der Waals surface area contributed by atoms with E-state index in [0.29, 0.717) is 0 Å². The van der Waals surface area contributed by atoms with Gasteiger partial charge in [0.05, 0.1) is 6.61 Å². The second-order valence-electron chi connectivity index (χ2n) is 1.84. The predicted molar refractivity (Wildman–Crippen MR) is 42.5 cm³/mol. The van der Waals surface area contributed by atoms with E-state index < -0.39 is 0 Å². The number of aliphatic hydroxyl groups excluding tert-OH is 1. The van der Waals surface area contributed by atoms with Crippen molar-refractivity contribution in [3.63, 3.8) is 0 Å². The highest BCUT2D eigenvalue weighted by Crippen LogP contribution is 2.03. The molecule has 0 saturated carbocycles. The van der Waals surface area contributed by atoms with Gasteiger partial charge in [-0.25, -0.2) is 4.31 Å². The van der Waals surface area contributed by atoms with E-state index >= 15 is 0 Å². The first kappa shape index (κ1) is 9.27. The molecule has 0 amide bonds. The highest BCUT2D eigenvalue weighted by molar-refractivity contribution is 7.96. The van der Waals surface area contributed by atoms with Crippen molar-refractivity contribution in [2.75, 3.05) is 26.0 Å². The van der Waals surface area contributed by atoms with Gasteiger partial charge >= 0.3 is 0 Å². The second-order valence-corrected chi connectivity index (χ2v) is 2.72. The molecule has 56 valence electrons. The van der Waals surface area contributed by atoms with Crippen LogP contribution in [0.3, 0.4) is 0 Å². The lowest BCUT2D eigenvalue weighted by Gasteiger charge is -2.15. The molecular formula is C6H15NOS. The molecule has 0 aromatic rings. The van der Waals surface area contributed by atoms with Crippen molar-refractivity contribution in [1.82, 2.24) is 4.31 Å². The normalized spacial score (nSPS) is 10.7. The molecule has 0 atom stereocenters. The standard InChI is InChI=1S/C6H15NOS/c1-3-4-7(9-2)5-6-8/h8H,3-6H2,1-2H3. The van der Waals surface area contributed by atoms with Crippen LogP contribution in [0.2, 0.25) is 0 Å². The SMILES string of the molecule is CCCN(CCO)SC. The lowest BCUT2D eigenvalue weighted by molar-refractivity contribution is 0.262. The minimum atomic E-state index is 0.265. The zero-order valence-electron chi connectivity index (χ0n) is 6.13. The van der Waals surface area contributed by atoms with Crippen LogP contribution in [0.25, 0.3) is 0 Å². The Hall–Kier alpha value is 0.270. The van der Waals surface area contributed by atoms with Crippen LogP contribution in [0.4, 0.5) is 0 Å². The molecule has 0 fully saturated rings. The van der Waals surface area contributed by atoms with Gasteiger partial charge in [0.15, 0.2) is 0 Å². The first-order valence-corrected chi connectivity index (χ1v) is 4.43. The van der Waals surface area contributed by atoms with Gasteiger partial charge in [-0.05, 0) is 12.7 Å². The molecule has 0 aromatic heterocycles. The van der Waals surface area contributed by atoms with Crippen LogP contribution < -0.4 is 0 Å². The number of hydrogen-bond acceptors (Lipinski definition) is 3. The molecule has 0 bridgehead atoms. The first-order chi connectivity index (χ1) is 4.35. The lowest BCUT2D eigenvalue weighted by atomic mass is 10.5. The monoisotopic (exact) mass is 149 g/mol. The molecule has 0 saturated heterocycles. The zero-order chi connectivity index (χ0) is 7.11. The Kier molecular flexibility index (Phi) is 6.58. The fraction of sp³-hybridized carbons (Fsp3) is 1.00. The van der Waals surface area contributed by atoms with Gasteiger partial charge in [0, 0.05) is 13.1 Å². The Labute approximate surface area is 61.4 Å². The molecule has 0 unspecified atom stereocenters. The Balaban J connectivity index is 3.18. The third-order valence-electron chi connectivity index (χ3n) is 1.08. The Bertz CT molecular complexity index is 55.0. The van der Waals surface area contributed by atoms with Crippen molar-refractivity contribution in [1.29, 1.82) is 0 Å². The quantitative estimate of drug-likeness (QED) is 0.589. The van der Waals surface area contributed by atoms with Crippen molar-refractivity contribution < 1.29 is 5.11 Å². The number of aliphatic hydroxyl groups is 1. The van der Waals surface area contributed by atoms with Gasteiger partial charge in [-0.1, -0.05) is 18.9 Å². The molecule has 0 heterocycles. The summed E-state index contributed by atoms with van der Waals surface area (Å²) in [5, 5.41) is 8.54. The molecule has 3 heteroatoms. The van der Waals surface area contributed by atoms with Crippen molar-refractivity contribution >= 4 is 11.9 Å². The van der Waals surface area contributed by atoms with E-state index in [-0.39, 0.29) is 6.61 Å². The van der Waals surface area contributed by atoms with Crippen LogP contribution in [-0.4, -0.2) is 35.4 Å². The highest BCUT2D eigenvalue weighted by Gasteiger charge is 1.97. The van der Waals surface area contributed by atoms with E-state index in [0.717, 1.165) is 19.5 Å². The molecule has 0 radical (unpaired) electrons. The summed E-state index contributed by atoms with van der Waals surface area (Å²) in [6, 6.07) is 0. The van der Waals surface area contributed by atoms with E-state index in [1.807, 2.05) is 6.26 Å². The van der Waals surface area contributed by atoms with E-state index in [1.54, 1.807) is 11.9 Å². The molecule has 0 aromatic carbocycles. The van der Waals surface area contributed by atoms with Crippen LogP contribution in [0.5, 0.6) is 0 Å². The Morgan fingerprint density at radius 3 is 2.44 bits per heavy atom. The summed E-state index contributed by atoms with van der Waals surface area (Å²) in [6.07, 6.45) is 3.19. The molecule has 9 heavy (non-hydrogen) atoms. The maximum Gasteiger partial charge on any atom is 0.0567 e. The zero-order valence-corrected chi connectivity index (χ0v) is 6.95. The van der Waals surface area contributed by atoms with Gasteiger partial charge < -0.3 is 5.11 Å². The van der Waals surface area contributed by atoms with Crippen LogP contribution in [0, 0.1) is 0 Å². The van der Waals surface area contributed by atoms with Gasteiger partial charge in [-0.3, -0.25) is 0 Å². The molecule has 0 aliphatic heterocycles. The fourth-order valence-corrected chi connectivity index (χ4v) is 1.28. The third-order valence-corrected chi connectivity index (χ3v) is 1.96. The summed E-state index contributed by atoms with van der Waals surface area (Å²) in [5.41, 5.74) is 0. The van der Waals surface area contributed by atoms with Crippen molar-refractivity contribution in [3.8, 4) is 0 Å². The number of hydrogen-bond donors (Lipinski definition) is 1. The maximum absolute atomic E-state index is 8.54. The minimum absolute atomic E-state index is 0.265. The van der Waals surface area contributed by atoms with E-state index in [2.05, 4.69) is 11.2 Å². The van der Waals surface area contributed by atoms with Crippen LogP contribution >= 0.6 is 11.9 Å². The van der Waals surface area contributed by atoms with Crippen molar-refractivity contribution in [2.24, 2.45) is 0 Å². The summed E-state index contributed by atoms with van der Waals surface area (Å²) >= 11 is 1.69. The van der Waals surface area contributed by atoms with E-state index in [9.17, 15) is 0 Å². The maximum atomic E-state index is 8.54. The average Bonchev–Trinajstić information content (AvgIpc) is 1.88. The highest BCUT2D eigenvalue weighted by atomic mass is 32.2. The van der Waals surface area contributed by atoms with Gasteiger partial charge in [-0.15, -0.1) is 0 Å². The Morgan fingerprint density at radius 2 is 2.11 bits per heavy atom. The largest absolute Gasteiger partial charge is 0.395 e. The lowest BCUT2D eigenvalue weighted by Crippen LogP contribution is -2.19. The van der Waals surface area contributed by atoms with Crippen LogP contribution in [-0.2, 0) is 0 Å². The van der Waals surface area contributed by atoms with Crippen LogP contribution in [0.1, 0.15) is 13.3 Å². The topological polar surface area (TPSA) is 23.5 Å². The van der Waals surface area contributed by atoms with E-state index in [4.69, 9.17) is 5.11 Å². The van der Waals surface area contributed by atoms with Gasteiger partial charge in [0.2, 0.25) is 0 Å². The number of nitrogens with zero attached hydrogens (tertiary/aromatic N) is 1. The van der Waals surface area contributed by atoms with Gasteiger partial charge in [0.1, 0.15) is 0 Å². The van der Waals surface area contributed by atoms with Crippen molar-refractivity contribution in [3.05, 3.63) is 0 Å². The summed E-state index contributed by atoms with van der Waals surface area (Å²) < 4.78 is 2.15. The van der Waals surface area contributed by atoms with E-state index in [1.165, 1.54) is 0 Å². The molecule has 2 nitrogen and oxygen atoms in total. The smallest absolute Gasteiger partial charge is 0.0567 e. The predicted octanol–water partition coefficient (Wildman–Crippen LogP) is 0.969. The minimum Gasteiger partial charge on any atom is -0.395 e. The molecular weight excluding hydrogens is 134 g/mol. The molecule has 1 N–H and O–H groups in total. The molecule has 0 aliphatic rings. The van der Waals surface area contributed by atoms with Gasteiger partial charge in [0.25, 0.3) is 0 Å². The molecule has 0 rings (SSSR count). The fourth-order valence-electron chi connectivity index (χ4n) is 0.655. The number of rotatable bonds is 5. The summed E-state index contributed by atoms with van der Waals surface area (Å²) in [6.45, 7) is 4.26. The van der Waals surface area contributed by atoms with Crippen molar-refractivity contribution in [2.45, 2.75) is 13.3 Å². The third kappa shape index (κ3) is 4.75. The summed E-state index contributed by atoms with van der Waals surface area (Å²) in [4.78, 5) is 0. The van der Waals surface area contributed by atoms with Crippen LogP contribution in [0.15, 0.2) is 0 Å².